The van der Waals surface area contributed by atoms with Gasteiger partial charge >= 0.3 is 0 Å². The smallest absolute Gasteiger partial charge is 0.271 e. The van der Waals surface area contributed by atoms with Crippen LogP contribution in [0, 0.1) is 0 Å². The Balaban J connectivity index is 1.23. The summed E-state index contributed by atoms with van der Waals surface area (Å²) in [6.45, 7) is 3.66. The van der Waals surface area contributed by atoms with Crippen LogP contribution in [0.1, 0.15) is 34.8 Å². The van der Waals surface area contributed by atoms with Gasteiger partial charge in [-0.05, 0) is 43.5 Å². The number of benzene rings is 1. The van der Waals surface area contributed by atoms with Gasteiger partial charge in [0, 0.05) is 31.5 Å². The molecule has 1 amide bonds. The maximum absolute atomic E-state index is 12.3. The van der Waals surface area contributed by atoms with Crippen LogP contribution in [0.2, 0.25) is 0 Å². The summed E-state index contributed by atoms with van der Waals surface area (Å²) in [7, 11) is 0. The number of rotatable bonds is 5. The number of hydrogen-bond donors (Lipinski definition) is 1. The second kappa shape index (κ2) is 7.66. The van der Waals surface area contributed by atoms with E-state index in [1.54, 1.807) is 29.0 Å². The van der Waals surface area contributed by atoms with Crippen molar-refractivity contribution in [3.05, 3.63) is 66.1 Å². The molecule has 3 aromatic rings. The van der Waals surface area contributed by atoms with Crippen molar-refractivity contribution in [2.24, 2.45) is 0 Å². The third kappa shape index (κ3) is 3.75. The summed E-state index contributed by atoms with van der Waals surface area (Å²) >= 11 is 0. The normalized spacial score (nSPS) is 16.0. The molecule has 0 spiro atoms. The summed E-state index contributed by atoms with van der Waals surface area (Å²) < 4.78 is 1.61. The van der Waals surface area contributed by atoms with E-state index in [1.807, 2.05) is 0 Å². The molecule has 134 valence electrons. The molecule has 1 aliphatic rings. The van der Waals surface area contributed by atoms with Crippen molar-refractivity contribution < 1.29 is 4.79 Å². The van der Waals surface area contributed by atoms with Crippen molar-refractivity contribution >= 4 is 11.6 Å². The van der Waals surface area contributed by atoms with E-state index in [2.05, 4.69) is 50.6 Å². The molecule has 1 aromatic carbocycles. The van der Waals surface area contributed by atoms with Crippen molar-refractivity contribution in [1.82, 2.24) is 24.8 Å². The van der Waals surface area contributed by atoms with E-state index >= 15 is 0 Å². The summed E-state index contributed by atoms with van der Waals surface area (Å²) in [5.41, 5.74) is 2.54. The molecule has 1 N–H and O–H groups in total. The van der Waals surface area contributed by atoms with Gasteiger partial charge in [-0.1, -0.05) is 30.3 Å². The minimum atomic E-state index is -0.144. The van der Waals surface area contributed by atoms with E-state index < -0.39 is 0 Å². The van der Waals surface area contributed by atoms with Crippen molar-refractivity contribution in [3.8, 4) is 0 Å². The van der Waals surface area contributed by atoms with Crippen LogP contribution in [0.15, 0.2) is 54.9 Å². The quantitative estimate of drug-likeness (QED) is 0.768. The average Bonchev–Trinajstić information content (AvgIpc) is 3.13. The van der Waals surface area contributed by atoms with E-state index in [9.17, 15) is 4.79 Å². The molecular formula is C20H23N5O. The molecule has 0 atom stereocenters. The fourth-order valence-electron chi connectivity index (χ4n) is 3.57. The number of nitrogens with zero attached hydrogens (tertiary/aromatic N) is 4. The fraction of sp³-hybridized carbons (Fsp3) is 0.350. The van der Waals surface area contributed by atoms with Gasteiger partial charge in [-0.3, -0.25) is 4.79 Å². The molecule has 0 bridgehead atoms. The first kappa shape index (κ1) is 16.7. The highest BCUT2D eigenvalue weighted by molar-refractivity contribution is 5.93. The maximum atomic E-state index is 12.3. The summed E-state index contributed by atoms with van der Waals surface area (Å²) in [4.78, 5) is 18.9. The van der Waals surface area contributed by atoms with E-state index in [0.717, 1.165) is 19.6 Å². The topological polar surface area (TPSA) is 62.5 Å². The number of carbonyl (C=O) groups is 1. The van der Waals surface area contributed by atoms with Crippen molar-refractivity contribution in [2.75, 3.05) is 26.2 Å². The Bertz CT molecular complexity index is 835. The number of amides is 1. The molecule has 6 nitrogen and oxygen atoms in total. The van der Waals surface area contributed by atoms with Crippen LogP contribution in [0.3, 0.4) is 0 Å². The van der Waals surface area contributed by atoms with Gasteiger partial charge in [0.05, 0.1) is 0 Å². The fourth-order valence-corrected chi connectivity index (χ4v) is 3.57. The largest absolute Gasteiger partial charge is 0.349 e. The van der Waals surface area contributed by atoms with Crippen LogP contribution < -0.4 is 5.32 Å². The highest BCUT2D eigenvalue weighted by Crippen LogP contribution is 2.27. The molecule has 1 fully saturated rings. The molecule has 26 heavy (non-hydrogen) atoms. The molecule has 3 heterocycles. The van der Waals surface area contributed by atoms with Crippen LogP contribution in [-0.4, -0.2) is 51.6 Å². The first-order valence-electron chi connectivity index (χ1n) is 9.15. The van der Waals surface area contributed by atoms with Crippen LogP contribution >= 0.6 is 0 Å². The van der Waals surface area contributed by atoms with Gasteiger partial charge in [-0.15, -0.1) is 0 Å². The van der Waals surface area contributed by atoms with E-state index in [-0.39, 0.29) is 5.91 Å². The van der Waals surface area contributed by atoms with E-state index in [1.165, 1.54) is 18.4 Å². The number of fused-ring (bicyclic) bond motifs is 1. The molecular weight excluding hydrogens is 326 g/mol. The number of likely N-dealkylation sites (tertiary alicyclic amines) is 1. The van der Waals surface area contributed by atoms with Gasteiger partial charge in [-0.2, -0.15) is 5.10 Å². The zero-order valence-corrected chi connectivity index (χ0v) is 14.7. The summed E-state index contributed by atoms with van der Waals surface area (Å²) in [5.74, 6) is 0.516. The Morgan fingerprint density at radius 3 is 2.73 bits per heavy atom. The monoisotopic (exact) mass is 349 g/mol. The lowest BCUT2D eigenvalue weighted by Gasteiger charge is -2.32. The number of piperidine rings is 1. The lowest BCUT2D eigenvalue weighted by atomic mass is 9.89. The van der Waals surface area contributed by atoms with Crippen molar-refractivity contribution in [2.45, 2.75) is 18.8 Å². The molecule has 4 rings (SSSR count). The molecule has 0 saturated carbocycles. The molecule has 0 radical (unpaired) electrons. The van der Waals surface area contributed by atoms with Crippen LogP contribution in [-0.2, 0) is 0 Å². The third-order valence-electron chi connectivity index (χ3n) is 5.04. The zero-order chi connectivity index (χ0) is 17.8. The third-order valence-corrected chi connectivity index (χ3v) is 5.04. The number of nitrogens with one attached hydrogen (secondary N) is 1. The summed E-state index contributed by atoms with van der Waals surface area (Å²) in [5, 5.41) is 7.22. The SMILES string of the molecule is O=C(NCCN1CCC(c2ccccc2)CC1)c1cc2ncccn2n1. The first-order chi connectivity index (χ1) is 12.8. The molecule has 6 heteroatoms. The number of carbonyl (C=O) groups excluding carboxylic acids is 1. The lowest BCUT2D eigenvalue weighted by molar-refractivity contribution is 0.0940. The van der Waals surface area contributed by atoms with Gasteiger partial charge in [0.2, 0.25) is 0 Å². The second-order valence-electron chi connectivity index (χ2n) is 6.73. The number of aromatic nitrogens is 3. The first-order valence-corrected chi connectivity index (χ1v) is 9.15. The Kier molecular flexibility index (Phi) is 4.93. The Labute approximate surface area is 152 Å². The lowest BCUT2D eigenvalue weighted by Crippen LogP contribution is -2.39. The van der Waals surface area contributed by atoms with Gasteiger partial charge in [-0.25, -0.2) is 9.50 Å². The molecule has 0 aliphatic carbocycles. The molecule has 0 unspecified atom stereocenters. The highest BCUT2D eigenvalue weighted by Gasteiger charge is 2.20. The Morgan fingerprint density at radius 1 is 1.15 bits per heavy atom. The zero-order valence-electron chi connectivity index (χ0n) is 14.7. The van der Waals surface area contributed by atoms with Crippen molar-refractivity contribution in [1.29, 1.82) is 0 Å². The second-order valence-corrected chi connectivity index (χ2v) is 6.73. The molecule has 2 aromatic heterocycles. The highest BCUT2D eigenvalue weighted by atomic mass is 16.1. The molecule has 1 saturated heterocycles. The molecule has 1 aliphatic heterocycles. The summed E-state index contributed by atoms with van der Waals surface area (Å²) in [6, 6.07) is 14.3. The van der Waals surface area contributed by atoms with Gasteiger partial charge in [0.15, 0.2) is 11.3 Å². The van der Waals surface area contributed by atoms with Crippen LogP contribution in [0.5, 0.6) is 0 Å². The standard InChI is InChI=1S/C20H23N5O/c26-20(18-15-19-21-9-4-11-25(19)23-18)22-10-14-24-12-7-17(8-13-24)16-5-2-1-3-6-16/h1-6,9,11,15,17H,7-8,10,12-14H2,(H,22,26). The Morgan fingerprint density at radius 2 is 1.96 bits per heavy atom. The minimum absolute atomic E-state index is 0.144. The van der Waals surface area contributed by atoms with E-state index in [0.29, 0.717) is 23.8 Å². The predicted molar refractivity (Wildman–Crippen MR) is 100 cm³/mol. The number of hydrogen-bond acceptors (Lipinski definition) is 4. The van der Waals surface area contributed by atoms with Gasteiger partial charge in [0.25, 0.3) is 5.91 Å². The van der Waals surface area contributed by atoms with Gasteiger partial charge < -0.3 is 10.2 Å². The van der Waals surface area contributed by atoms with Crippen LogP contribution in [0.25, 0.3) is 5.65 Å². The summed E-state index contributed by atoms with van der Waals surface area (Å²) in [6.07, 6.45) is 5.83. The predicted octanol–water partition coefficient (Wildman–Crippen LogP) is 2.34. The maximum Gasteiger partial charge on any atom is 0.271 e. The van der Waals surface area contributed by atoms with Crippen LogP contribution in [0.4, 0.5) is 0 Å². The van der Waals surface area contributed by atoms with Gasteiger partial charge in [0.1, 0.15) is 0 Å². The Hall–Kier alpha value is -2.73. The van der Waals surface area contributed by atoms with Crippen molar-refractivity contribution in [3.63, 3.8) is 0 Å². The van der Waals surface area contributed by atoms with E-state index in [4.69, 9.17) is 0 Å². The average molecular weight is 349 g/mol. The minimum Gasteiger partial charge on any atom is -0.349 e.